The number of aryl methyl sites for hydroxylation is 1. The van der Waals surface area contributed by atoms with E-state index in [1.807, 2.05) is 18.2 Å². The molecule has 0 atom stereocenters. The van der Waals surface area contributed by atoms with Crippen molar-refractivity contribution < 1.29 is 0 Å². The van der Waals surface area contributed by atoms with Crippen LogP contribution in [0.25, 0.3) is 0 Å². The van der Waals surface area contributed by atoms with Gasteiger partial charge in [-0.3, -0.25) is 0 Å². The van der Waals surface area contributed by atoms with Crippen molar-refractivity contribution in [1.29, 1.82) is 0 Å². The molecular formula is C10H10Br2N6. The average Bonchev–Trinajstić information content (AvgIpc) is 2.65. The zero-order valence-corrected chi connectivity index (χ0v) is 12.6. The highest BCUT2D eigenvalue weighted by atomic mass is 79.9. The van der Waals surface area contributed by atoms with Crippen LogP contribution in [-0.2, 0) is 0 Å². The number of hydrogen-bond acceptors (Lipinski definition) is 5. The molecule has 6 nitrogen and oxygen atoms in total. The van der Waals surface area contributed by atoms with Gasteiger partial charge in [-0.15, -0.1) is 10.2 Å². The highest BCUT2D eigenvalue weighted by Gasteiger charge is 2.03. The van der Waals surface area contributed by atoms with Crippen LogP contribution < -0.4 is 11.3 Å². The predicted octanol–water partition coefficient (Wildman–Crippen LogP) is 2.27. The van der Waals surface area contributed by atoms with Gasteiger partial charge in [0.25, 0.3) is 5.95 Å². The lowest BCUT2D eigenvalue weighted by molar-refractivity contribution is 0.926. The molecule has 0 bridgehead atoms. The molecular weight excluding hydrogens is 364 g/mol. The minimum absolute atomic E-state index is 0.384. The molecule has 3 N–H and O–H groups in total. The fraction of sp³-hybridized carbons (Fsp3) is 0.100. The second kappa shape index (κ2) is 5.49. The third kappa shape index (κ3) is 2.88. The van der Waals surface area contributed by atoms with Crippen LogP contribution >= 0.6 is 31.9 Å². The summed E-state index contributed by atoms with van der Waals surface area (Å²) in [6.45, 7) is 1.76. The van der Waals surface area contributed by atoms with Crippen molar-refractivity contribution in [2.24, 2.45) is 5.10 Å². The van der Waals surface area contributed by atoms with E-state index < -0.39 is 0 Å². The van der Waals surface area contributed by atoms with Crippen molar-refractivity contribution in [2.45, 2.75) is 6.92 Å². The number of hydrogen-bond donors (Lipinski definition) is 2. The Morgan fingerprint density at radius 2 is 2.17 bits per heavy atom. The summed E-state index contributed by atoms with van der Waals surface area (Å²) >= 11 is 6.84. The monoisotopic (exact) mass is 372 g/mol. The van der Waals surface area contributed by atoms with Crippen LogP contribution in [0.2, 0.25) is 0 Å². The maximum absolute atomic E-state index is 5.67. The Labute approximate surface area is 121 Å². The molecule has 0 saturated carbocycles. The van der Waals surface area contributed by atoms with Crippen molar-refractivity contribution >= 4 is 44.0 Å². The normalized spacial score (nSPS) is 11.1. The van der Waals surface area contributed by atoms with Gasteiger partial charge in [-0.1, -0.05) is 31.9 Å². The molecule has 0 aliphatic carbocycles. The summed E-state index contributed by atoms with van der Waals surface area (Å²) in [5.41, 5.74) is 3.65. The molecule has 0 spiro atoms. The van der Waals surface area contributed by atoms with Gasteiger partial charge >= 0.3 is 0 Å². The summed E-state index contributed by atoms with van der Waals surface area (Å²) in [4.78, 5) is 0. The minimum Gasteiger partial charge on any atom is -0.335 e. The summed E-state index contributed by atoms with van der Waals surface area (Å²) in [5.74, 6) is 6.67. The number of nitrogens with zero attached hydrogens (tertiary/aromatic N) is 4. The Morgan fingerprint density at radius 1 is 1.39 bits per heavy atom. The van der Waals surface area contributed by atoms with Gasteiger partial charge in [0.2, 0.25) is 0 Å². The number of rotatable bonds is 3. The van der Waals surface area contributed by atoms with Crippen molar-refractivity contribution in [3.8, 4) is 0 Å². The number of nitrogen functional groups attached to an aromatic ring is 1. The van der Waals surface area contributed by atoms with E-state index >= 15 is 0 Å². The minimum atomic E-state index is 0.384. The van der Waals surface area contributed by atoms with Gasteiger partial charge in [-0.2, -0.15) is 5.10 Å². The number of anilines is 1. The Kier molecular flexibility index (Phi) is 3.97. The predicted molar refractivity (Wildman–Crippen MR) is 78.0 cm³/mol. The number of aromatic nitrogens is 3. The largest absolute Gasteiger partial charge is 0.335 e. The molecule has 1 heterocycles. The molecule has 18 heavy (non-hydrogen) atoms. The van der Waals surface area contributed by atoms with E-state index in [4.69, 9.17) is 5.84 Å². The van der Waals surface area contributed by atoms with Gasteiger partial charge in [0, 0.05) is 14.5 Å². The summed E-state index contributed by atoms with van der Waals surface area (Å²) in [5, 5.41) is 11.7. The first kappa shape index (κ1) is 13.0. The van der Waals surface area contributed by atoms with E-state index in [9.17, 15) is 0 Å². The van der Waals surface area contributed by atoms with E-state index in [0.29, 0.717) is 11.8 Å². The highest BCUT2D eigenvalue weighted by molar-refractivity contribution is 9.11. The third-order valence-corrected chi connectivity index (χ3v) is 3.41. The zero-order valence-electron chi connectivity index (χ0n) is 9.43. The lowest BCUT2D eigenvalue weighted by Crippen LogP contribution is -2.13. The number of halogens is 2. The topological polar surface area (TPSA) is 81.1 Å². The third-order valence-electron chi connectivity index (χ3n) is 2.19. The molecule has 2 rings (SSSR count). The van der Waals surface area contributed by atoms with Crippen LogP contribution in [0.5, 0.6) is 0 Å². The summed E-state index contributed by atoms with van der Waals surface area (Å²) in [7, 11) is 0. The SMILES string of the molecule is Cc1nnc(N/N=C/c2cc(Br)ccc2Br)n1N. The first-order valence-corrected chi connectivity index (χ1v) is 6.58. The standard InChI is InChI=1S/C10H10Br2N6/c1-6-15-17-10(18(6)13)16-14-5-7-4-8(11)2-3-9(7)12/h2-5H,13H2,1H3,(H,16,17)/b14-5+. The Hall–Kier alpha value is -1.41. The van der Waals surface area contributed by atoms with Gasteiger partial charge in [0.1, 0.15) is 0 Å². The summed E-state index contributed by atoms with van der Waals surface area (Å²) in [6, 6.07) is 5.81. The highest BCUT2D eigenvalue weighted by Crippen LogP contribution is 2.19. The summed E-state index contributed by atoms with van der Waals surface area (Å²) in [6.07, 6.45) is 1.67. The molecule has 94 valence electrons. The molecule has 0 radical (unpaired) electrons. The van der Waals surface area contributed by atoms with Crippen molar-refractivity contribution in [3.05, 3.63) is 38.5 Å². The molecule has 0 unspecified atom stereocenters. The first-order chi connectivity index (χ1) is 8.58. The summed E-state index contributed by atoms with van der Waals surface area (Å²) < 4.78 is 3.25. The lowest BCUT2D eigenvalue weighted by atomic mass is 10.2. The molecule has 0 amide bonds. The second-order valence-electron chi connectivity index (χ2n) is 3.48. The number of benzene rings is 1. The number of hydrazone groups is 1. The average molecular weight is 374 g/mol. The van der Waals surface area contributed by atoms with Crippen LogP contribution in [0.15, 0.2) is 32.2 Å². The fourth-order valence-electron chi connectivity index (χ4n) is 1.22. The van der Waals surface area contributed by atoms with Gasteiger partial charge in [-0.05, 0) is 25.1 Å². The molecule has 0 aliphatic heterocycles. The van der Waals surface area contributed by atoms with Crippen LogP contribution in [-0.4, -0.2) is 21.1 Å². The van der Waals surface area contributed by atoms with Gasteiger partial charge < -0.3 is 5.84 Å². The van der Waals surface area contributed by atoms with Crippen LogP contribution in [0.3, 0.4) is 0 Å². The molecule has 8 heteroatoms. The van der Waals surface area contributed by atoms with E-state index in [1.54, 1.807) is 13.1 Å². The zero-order chi connectivity index (χ0) is 13.1. The van der Waals surface area contributed by atoms with Gasteiger partial charge in [0.05, 0.1) is 6.21 Å². The number of nitrogens with two attached hydrogens (primary N) is 1. The maximum atomic E-state index is 5.67. The molecule has 0 aliphatic rings. The van der Waals surface area contributed by atoms with Crippen LogP contribution in [0.4, 0.5) is 5.95 Å². The quantitative estimate of drug-likeness (QED) is 0.491. The second-order valence-corrected chi connectivity index (χ2v) is 5.25. The Bertz CT molecular complexity index is 592. The number of nitrogens with one attached hydrogen (secondary N) is 1. The van der Waals surface area contributed by atoms with E-state index in [0.717, 1.165) is 14.5 Å². The van der Waals surface area contributed by atoms with Gasteiger partial charge in [0.15, 0.2) is 5.82 Å². The van der Waals surface area contributed by atoms with Crippen LogP contribution in [0.1, 0.15) is 11.4 Å². The lowest BCUT2D eigenvalue weighted by Gasteiger charge is -2.01. The van der Waals surface area contributed by atoms with Crippen molar-refractivity contribution in [1.82, 2.24) is 14.9 Å². The molecule has 0 fully saturated rings. The Balaban J connectivity index is 2.12. The van der Waals surface area contributed by atoms with Gasteiger partial charge in [-0.25, -0.2) is 10.1 Å². The van der Waals surface area contributed by atoms with E-state index in [2.05, 4.69) is 52.6 Å². The maximum Gasteiger partial charge on any atom is 0.263 e. The van der Waals surface area contributed by atoms with Crippen molar-refractivity contribution in [2.75, 3.05) is 11.3 Å². The smallest absolute Gasteiger partial charge is 0.263 e. The Morgan fingerprint density at radius 3 is 2.83 bits per heavy atom. The molecule has 2 aromatic rings. The van der Waals surface area contributed by atoms with E-state index in [1.165, 1.54) is 4.68 Å². The van der Waals surface area contributed by atoms with E-state index in [-0.39, 0.29) is 0 Å². The molecule has 1 aromatic heterocycles. The molecule has 0 saturated heterocycles. The first-order valence-electron chi connectivity index (χ1n) is 4.99. The van der Waals surface area contributed by atoms with Crippen LogP contribution in [0, 0.1) is 6.92 Å². The van der Waals surface area contributed by atoms with Crippen molar-refractivity contribution in [3.63, 3.8) is 0 Å². The fourth-order valence-corrected chi connectivity index (χ4v) is 1.95. The molecule has 1 aromatic carbocycles.